The molecule has 0 radical (unpaired) electrons. The molecule has 0 fully saturated rings. The van der Waals surface area contributed by atoms with E-state index >= 15 is 0 Å². The maximum atomic E-state index is 12.6. The second-order valence-corrected chi connectivity index (χ2v) is 8.48. The molecule has 0 aliphatic carbocycles. The largest absolute Gasteiger partial charge is 0.481 e. The first-order valence-corrected chi connectivity index (χ1v) is 11.1. The molecule has 4 aromatic carbocycles. The van der Waals surface area contributed by atoms with Crippen LogP contribution in [0.1, 0.15) is 0 Å². The molecule has 164 valence electrons. The molecule has 1 aromatic heterocycles. The highest BCUT2D eigenvalue weighted by Crippen LogP contribution is 2.36. The van der Waals surface area contributed by atoms with Gasteiger partial charge in [-0.1, -0.05) is 77.3 Å². The van der Waals surface area contributed by atoms with Crippen molar-refractivity contribution in [1.82, 2.24) is 4.98 Å². The monoisotopic (exact) mass is 496 g/mol. The van der Waals surface area contributed by atoms with Crippen molar-refractivity contribution in [3.8, 4) is 17.2 Å². The molecule has 0 aliphatic rings. The molecular weight excluding hydrogens is 483 g/mol. The van der Waals surface area contributed by atoms with E-state index in [2.05, 4.69) is 5.32 Å². The fourth-order valence-corrected chi connectivity index (χ4v) is 4.47. The third kappa shape index (κ3) is 4.35. The maximum Gasteiger partial charge on any atom is 0.262 e. The minimum Gasteiger partial charge on any atom is -0.481 e. The number of nitrogens with zero attached hydrogens (tertiary/aromatic N) is 1. The summed E-state index contributed by atoms with van der Waals surface area (Å²) in [5, 5.41) is 5.72. The Labute approximate surface area is 203 Å². The summed E-state index contributed by atoms with van der Waals surface area (Å²) < 4.78 is 11.5. The number of anilines is 1. The SMILES string of the molecule is O=C(COc1c(Cl)cc(Cl)cc1Cl)Nc1ccccc1-c1nc2c(ccc3ccccc32)o1. The topological polar surface area (TPSA) is 64.4 Å². The highest BCUT2D eigenvalue weighted by atomic mass is 35.5. The van der Waals surface area contributed by atoms with Crippen LogP contribution in [-0.4, -0.2) is 17.5 Å². The number of hydrogen-bond donors (Lipinski definition) is 1. The van der Waals surface area contributed by atoms with Crippen LogP contribution in [0, 0.1) is 0 Å². The fraction of sp³-hybridized carbons (Fsp3) is 0.0400. The van der Waals surface area contributed by atoms with Gasteiger partial charge in [0.25, 0.3) is 5.91 Å². The second-order valence-electron chi connectivity index (χ2n) is 7.23. The Kier molecular flexibility index (Phi) is 5.85. The third-order valence-corrected chi connectivity index (χ3v) is 5.81. The number of rotatable bonds is 5. The molecule has 1 N–H and O–H groups in total. The van der Waals surface area contributed by atoms with Crippen molar-refractivity contribution in [2.45, 2.75) is 0 Å². The molecule has 0 aliphatic heterocycles. The summed E-state index contributed by atoms with van der Waals surface area (Å²) in [5.41, 5.74) is 2.61. The average Bonchev–Trinajstić information content (AvgIpc) is 3.23. The van der Waals surface area contributed by atoms with Crippen molar-refractivity contribution in [1.29, 1.82) is 0 Å². The number of oxazole rings is 1. The number of para-hydroxylation sites is 1. The van der Waals surface area contributed by atoms with Gasteiger partial charge in [0.2, 0.25) is 5.89 Å². The molecule has 0 bridgehead atoms. The molecule has 0 spiro atoms. The minimum atomic E-state index is -0.397. The van der Waals surface area contributed by atoms with Crippen molar-refractivity contribution >= 4 is 68.3 Å². The van der Waals surface area contributed by atoms with Crippen LogP contribution in [0.25, 0.3) is 33.3 Å². The van der Waals surface area contributed by atoms with Crippen LogP contribution in [-0.2, 0) is 4.79 Å². The highest BCUT2D eigenvalue weighted by Gasteiger charge is 2.17. The van der Waals surface area contributed by atoms with E-state index in [-0.39, 0.29) is 22.4 Å². The van der Waals surface area contributed by atoms with Gasteiger partial charge in [0.1, 0.15) is 5.52 Å². The summed E-state index contributed by atoms with van der Waals surface area (Å²) in [7, 11) is 0. The number of nitrogens with one attached hydrogen (secondary N) is 1. The van der Waals surface area contributed by atoms with Gasteiger partial charge in [-0.2, -0.15) is 0 Å². The van der Waals surface area contributed by atoms with Crippen LogP contribution in [0.15, 0.2) is 77.2 Å². The number of carbonyl (C=O) groups excluding carboxylic acids is 1. The van der Waals surface area contributed by atoms with Crippen LogP contribution in [0.2, 0.25) is 15.1 Å². The lowest BCUT2D eigenvalue weighted by atomic mass is 10.1. The predicted octanol–water partition coefficient (Wildman–Crippen LogP) is 7.63. The van der Waals surface area contributed by atoms with Crippen molar-refractivity contribution < 1.29 is 13.9 Å². The Balaban J connectivity index is 1.40. The normalized spacial score (nSPS) is 11.1. The molecule has 8 heteroatoms. The first-order valence-electron chi connectivity index (χ1n) is 9.94. The van der Waals surface area contributed by atoms with Gasteiger partial charge in [0.05, 0.1) is 21.3 Å². The fourth-order valence-electron chi connectivity index (χ4n) is 3.55. The molecule has 5 rings (SSSR count). The van der Waals surface area contributed by atoms with Gasteiger partial charge in [-0.05, 0) is 35.7 Å². The van der Waals surface area contributed by atoms with E-state index in [1.807, 2.05) is 54.6 Å². The summed E-state index contributed by atoms with van der Waals surface area (Å²) >= 11 is 18.1. The zero-order valence-electron chi connectivity index (χ0n) is 16.9. The number of hydrogen-bond acceptors (Lipinski definition) is 4. The first kappa shape index (κ1) is 21.6. The van der Waals surface area contributed by atoms with Crippen molar-refractivity contribution in [3.63, 3.8) is 0 Å². The third-order valence-electron chi connectivity index (χ3n) is 5.03. The van der Waals surface area contributed by atoms with E-state index in [0.29, 0.717) is 27.7 Å². The molecule has 0 saturated heterocycles. The number of amides is 1. The summed E-state index contributed by atoms with van der Waals surface area (Å²) in [6.07, 6.45) is 0. The molecular formula is C25H15Cl3N2O3. The summed E-state index contributed by atoms with van der Waals surface area (Å²) in [4.78, 5) is 17.3. The van der Waals surface area contributed by atoms with Crippen molar-refractivity contribution in [3.05, 3.63) is 87.9 Å². The van der Waals surface area contributed by atoms with Gasteiger partial charge >= 0.3 is 0 Å². The van der Waals surface area contributed by atoms with E-state index < -0.39 is 5.91 Å². The van der Waals surface area contributed by atoms with E-state index in [4.69, 9.17) is 48.9 Å². The van der Waals surface area contributed by atoms with Gasteiger partial charge in [-0.3, -0.25) is 4.79 Å². The summed E-state index contributed by atoms with van der Waals surface area (Å²) in [6.45, 7) is -0.298. The number of aromatic nitrogens is 1. The molecule has 0 atom stereocenters. The van der Waals surface area contributed by atoms with E-state index in [1.165, 1.54) is 12.1 Å². The van der Waals surface area contributed by atoms with Crippen molar-refractivity contribution in [2.75, 3.05) is 11.9 Å². The first-order chi connectivity index (χ1) is 16.0. The van der Waals surface area contributed by atoms with Gasteiger partial charge in [-0.15, -0.1) is 0 Å². The Morgan fingerprint density at radius 2 is 1.67 bits per heavy atom. The molecule has 33 heavy (non-hydrogen) atoms. The molecule has 1 heterocycles. The molecule has 0 saturated carbocycles. The van der Waals surface area contributed by atoms with E-state index in [1.54, 1.807) is 6.07 Å². The molecule has 1 amide bonds. The van der Waals surface area contributed by atoms with Gasteiger partial charge in [-0.25, -0.2) is 4.98 Å². The quantitative estimate of drug-likeness (QED) is 0.271. The average molecular weight is 498 g/mol. The smallest absolute Gasteiger partial charge is 0.262 e. The van der Waals surface area contributed by atoms with Crippen molar-refractivity contribution in [2.24, 2.45) is 0 Å². The zero-order chi connectivity index (χ0) is 22.9. The molecule has 5 nitrogen and oxygen atoms in total. The van der Waals surface area contributed by atoms with E-state index in [9.17, 15) is 4.79 Å². The maximum absolute atomic E-state index is 12.6. The lowest BCUT2D eigenvalue weighted by Crippen LogP contribution is -2.20. The standard InChI is InChI=1S/C25H15Cl3N2O3/c26-15-11-18(27)24(19(28)12-15)32-13-22(31)29-20-8-4-3-7-17(20)25-30-23-16-6-2-1-5-14(16)9-10-21(23)33-25/h1-12H,13H2,(H,29,31). The van der Waals surface area contributed by atoms with Gasteiger partial charge in [0, 0.05) is 10.4 Å². The number of benzene rings is 4. The Bertz CT molecular complexity index is 1490. The number of ether oxygens (including phenoxy) is 1. The van der Waals surface area contributed by atoms with Gasteiger partial charge < -0.3 is 14.5 Å². The van der Waals surface area contributed by atoms with Crippen LogP contribution in [0.4, 0.5) is 5.69 Å². The Hall–Kier alpha value is -3.25. The number of fused-ring (bicyclic) bond motifs is 3. The van der Waals surface area contributed by atoms with E-state index in [0.717, 1.165) is 16.3 Å². The van der Waals surface area contributed by atoms with Crippen LogP contribution >= 0.6 is 34.8 Å². The van der Waals surface area contributed by atoms with Crippen LogP contribution < -0.4 is 10.1 Å². The lowest BCUT2D eigenvalue weighted by Gasteiger charge is -2.12. The Morgan fingerprint density at radius 1 is 0.939 bits per heavy atom. The van der Waals surface area contributed by atoms with Crippen LogP contribution in [0.5, 0.6) is 5.75 Å². The Morgan fingerprint density at radius 3 is 2.48 bits per heavy atom. The zero-order valence-corrected chi connectivity index (χ0v) is 19.2. The van der Waals surface area contributed by atoms with Gasteiger partial charge in [0.15, 0.2) is 17.9 Å². The summed E-state index contributed by atoms with van der Waals surface area (Å²) in [5.74, 6) is 0.199. The number of halogens is 3. The molecule has 0 unspecified atom stereocenters. The predicted molar refractivity (Wildman–Crippen MR) is 133 cm³/mol. The van der Waals surface area contributed by atoms with Crippen LogP contribution in [0.3, 0.4) is 0 Å². The molecule has 5 aromatic rings. The second kappa shape index (κ2) is 8.94. The number of carbonyl (C=O) groups is 1. The minimum absolute atomic E-state index is 0.192. The lowest BCUT2D eigenvalue weighted by molar-refractivity contribution is -0.118. The highest BCUT2D eigenvalue weighted by molar-refractivity contribution is 6.40. The summed E-state index contributed by atoms with van der Waals surface area (Å²) in [6, 6.07) is 22.1.